The molecular formula is C14H20ClN3O2. The second-order valence-electron chi connectivity index (χ2n) is 5.48. The van der Waals surface area contributed by atoms with Crippen LogP contribution in [0.15, 0.2) is 18.3 Å². The molecule has 0 aromatic carbocycles. The van der Waals surface area contributed by atoms with Gasteiger partial charge in [0.1, 0.15) is 5.82 Å². The highest BCUT2D eigenvalue weighted by Gasteiger charge is 2.26. The summed E-state index contributed by atoms with van der Waals surface area (Å²) in [6, 6.07) is 3.77. The van der Waals surface area contributed by atoms with Crippen molar-refractivity contribution in [1.82, 2.24) is 4.98 Å². The van der Waals surface area contributed by atoms with Crippen LogP contribution in [-0.4, -0.2) is 43.1 Å². The molecule has 2 heterocycles. The summed E-state index contributed by atoms with van der Waals surface area (Å²) in [5, 5.41) is 2.83. The molecule has 1 fully saturated rings. The van der Waals surface area contributed by atoms with Crippen LogP contribution in [0.4, 0.5) is 11.5 Å². The summed E-state index contributed by atoms with van der Waals surface area (Å²) >= 11 is 5.79. The third kappa shape index (κ3) is 3.61. The standard InChI is InChI=1S/C14H20ClN3O2/c1-14(2,10-15)13(19)17-11-3-4-12(16-9-11)18-5-7-20-8-6-18/h3-4,9H,5-8,10H2,1-2H3,(H,17,19). The van der Waals surface area contributed by atoms with Crippen molar-refractivity contribution in [2.75, 3.05) is 42.4 Å². The number of hydrogen-bond acceptors (Lipinski definition) is 4. The Morgan fingerprint density at radius 3 is 2.70 bits per heavy atom. The molecule has 1 aromatic rings. The molecule has 0 atom stereocenters. The SMILES string of the molecule is CC(C)(CCl)C(=O)Nc1ccc(N2CCOCC2)nc1. The van der Waals surface area contributed by atoms with Crippen molar-refractivity contribution < 1.29 is 9.53 Å². The second kappa shape index (κ2) is 6.41. The van der Waals surface area contributed by atoms with Crippen molar-refractivity contribution in [2.45, 2.75) is 13.8 Å². The predicted molar refractivity (Wildman–Crippen MR) is 80.4 cm³/mol. The van der Waals surface area contributed by atoms with Crippen LogP contribution >= 0.6 is 11.6 Å². The number of amides is 1. The minimum Gasteiger partial charge on any atom is -0.378 e. The Kier molecular flexibility index (Phi) is 4.83. The third-order valence-electron chi connectivity index (χ3n) is 3.29. The van der Waals surface area contributed by atoms with E-state index >= 15 is 0 Å². The monoisotopic (exact) mass is 297 g/mol. The highest BCUT2D eigenvalue weighted by atomic mass is 35.5. The fraction of sp³-hybridized carbons (Fsp3) is 0.571. The first-order chi connectivity index (χ1) is 9.53. The van der Waals surface area contributed by atoms with Gasteiger partial charge >= 0.3 is 0 Å². The number of ether oxygens (including phenoxy) is 1. The second-order valence-corrected chi connectivity index (χ2v) is 5.74. The normalized spacial score (nSPS) is 16.1. The van der Waals surface area contributed by atoms with Crippen molar-refractivity contribution in [3.63, 3.8) is 0 Å². The number of aromatic nitrogens is 1. The number of alkyl halides is 1. The lowest BCUT2D eigenvalue weighted by molar-refractivity contribution is -0.122. The van der Waals surface area contributed by atoms with Gasteiger partial charge in [-0.25, -0.2) is 4.98 Å². The zero-order valence-corrected chi connectivity index (χ0v) is 12.6. The van der Waals surface area contributed by atoms with Gasteiger partial charge in [-0.2, -0.15) is 0 Å². The van der Waals surface area contributed by atoms with Crippen LogP contribution in [0.5, 0.6) is 0 Å². The van der Waals surface area contributed by atoms with Gasteiger partial charge in [-0.15, -0.1) is 11.6 Å². The van der Waals surface area contributed by atoms with Crippen LogP contribution in [0, 0.1) is 5.41 Å². The number of nitrogens with one attached hydrogen (secondary N) is 1. The van der Waals surface area contributed by atoms with E-state index < -0.39 is 5.41 Å². The van der Waals surface area contributed by atoms with Crippen LogP contribution in [0.3, 0.4) is 0 Å². The molecule has 110 valence electrons. The van der Waals surface area contributed by atoms with Crippen LogP contribution in [-0.2, 0) is 9.53 Å². The van der Waals surface area contributed by atoms with E-state index in [9.17, 15) is 4.79 Å². The van der Waals surface area contributed by atoms with Gasteiger partial charge in [0.25, 0.3) is 0 Å². The number of halogens is 1. The van der Waals surface area contributed by atoms with E-state index in [-0.39, 0.29) is 11.8 Å². The number of carbonyl (C=O) groups is 1. The quantitative estimate of drug-likeness (QED) is 0.865. The van der Waals surface area contributed by atoms with Crippen LogP contribution in [0.2, 0.25) is 0 Å². The first-order valence-electron chi connectivity index (χ1n) is 6.69. The summed E-state index contributed by atoms with van der Waals surface area (Å²) < 4.78 is 5.31. The molecule has 1 saturated heterocycles. The van der Waals surface area contributed by atoms with E-state index in [1.807, 2.05) is 26.0 Å². The number of carbonyl (C=O) groups excluding carboxylic acids is 1. The minimum atomic E-state index is -0.593. The molecule has 0 unspecified atom stereocenters. The Bertz CT molecular complexity index is 456. The molecule has 0 aliphatic carbocycles. The molecule has 0 radical (unpaired) electrons. The molecule has 1 N–H and O–H groups in total. The summed E-state index contributed by atoms with van der Waals surface area (Å²) in [4.78, 5) is 18.6. The maximum atomic E-state index is 12.0. The van der Waals surface area contributed by atoms with Gasteiger partial charge in [-0.1, -0.05) is 0 Å². The van der Waals surface area contributed by atoms with Crippen LogP contribution in [0.1, 0.15) is 13.8 Å². The van der Waals surface area contributed by atoms with Crippen LogP contribution < -0.4 is 10.2 Å². The lowest BCUT2D eigenvalue weighted by Gasteiger charge is -2.28. The Labute approximate surface area is 124 Å². The topological polar surface area (TPSA) is 54.5 Å². The Morgan fingerprint density at radius 2 is 2.15 bits per heavy atom. The van der Waals surface area contributed by atoms with Crippen molar-refractivity contribution >= 4 is 29.0 Å². The van der Waals surface area contributed by atoms with E-state index in [4.69, 9.17) is 16.3 Å². The Morgan fingerprint density at radius 1 is 1.45 bits per heavy atom. The molecule has 1 aliphatic rings. The minimum absolute atomic E-state index is 0.103. The average molecular weight is 298 g/mol. The van der Waals surface area contributed by atoms with E-state index in [1.165, 1.54) is 0 Å². The van der Waals surface area contributed by atoms with Crippen LogP contribution in [0.25, 0.3) is 0 Å². The van der Waals surface area contributed by atoms with Crippen molar-refractivity contribution in [1.29, 1.82) is 0 Å². The zero-order chi connectivity index (χ0) is 14.6. The maximum absolute atomic E-state index is 12.0. The Balaban J connectivity index is 1.99. The van der Waals surface area contributed by atoms with Gasteiger partial charge in [-0.05, 0) is 26.0 Å². The summed E-state index contributed by atoms with van der Waals surface area (Å²) in [5.74, 6) is 1.08. The smallest absolute Gasteiger partial charge is 0.231 e. The molecule has 0 saturated carbocycles. The van der Waals surface area contributed by atoms with E-state index in [0.29, 0.717) is 5.69 Å². The van der Waals surface area contributed by atoms with Gasteiger partial charge in [0.2, 0.25) is 5.91 Å². The first kappa shape index (κ1) is 15.1. The first-order valence-corrected chi connectivity index (χ1v) is 7.22. The molecule has 0 spiro atoms. The highest BCUT2D eigenvalue weighted by Crippen LogP contribution is 2.21. The average Bonchev–Trinajstić information content (AvgIpc) is 2.49. The fourth-order valence-corrected chi connectivity index (χ4v) is 1.92. The van der Waals surface area contributed by atoms with E-state index in [2.05, 4.69) is 15.2 Å². The summed E-state index contributed by atoms with van der Waals surface area (Å²) in [6.07, 6.45) is 1.67. The summed E-state index contributed by atoms with van der Waals surface area (Å²) in [7, 11) is 0. The summed E-state index contributed by atoms with van der Waals surface area (Å²) in [5.41, 5.74) is 0.0925. The molecule has 1 amide bonds. The van der Waals surface area contributed by atoms with Gasteiger partial charge in [0, 0.05) is 19.0 Å². The molecular weight excluding hydrogens is 278 g/mol. The number of anilines is 2. The molecule has 5 nitrogen and oxygen atoms in total. The molecule has 6 heteroatoms. The maximum Gasteiger partial charge on any atom is 0.231 e. The number of nitrogens with zero attached hydrogens (tertiary/aromatic N) is 2. The number of hydrogen-bond donors (Lipinski definition) is 1. The highest BCUT2D eigenvalue weighted by molar-refractivity contribution is 6.20. The predicted octanol–water partition coefficient (Wildman–Crippen LogP) is 2.12. The lowest BCUT2D eigenvalue weighted by Crippen LogP contribution is -2.36. The number of morpholine rings is 1. The molecule has 0 bridgehead atoms. The van der Waals surface area contributed by atoms with E-state index in [0.717, 1.165) is 32.1 Å². The largest absolute Gasteiger partial charge is 0.378 e. The molecule has 20 heavy (non-hydrogen) atoms. The van der Waals surface area contributed by atoms with Gasteiger partial charge in [0.05, 0.1) is 30.5 Å². The van der Waals surface area contributed by atoms with Gasteiger partial charge in [-0.3, -0.25) is 4.79 Å². The zero-order valence-electron chi connectivity index (χ0n) is 11.9. The van der Waals surface area contributed by atoms with Crippen molar-refractivity contribution in [3.05, 3.63) is 18.3 Å². The number of rotatable bonds is 4. The van der Waals surface area contributed by atoms with Crippen molar-refractivity contribution in [2.24, 2.45) is 5.41 Å². The van der Waals surface area contributed by atoms with Crippen molar-refractivity contribution in [3.8, 4) is 0 Å². The molecule has 1 aromatic heterocycles. The van der Waals surface area contributed by atoms with Gasteiger partial charge in [0.15, 0.2) is 0 Å². The third-order valence-corrected chi connectivity index (χ3v) is 3.96. The lowest BCUT2D eigenvalue weighted by atomic mass is 9.95. The molecule has 2 rings (SSSR count). The molecule has 1 aliphatic heterocycles. The van der Waals surface area contributed by atoms with Gasteiger partial charge < -0.3 is 15.0 Å². The number of pyridine rings is 1. The Hall–Kier alpha value is -1.33. The summed E-state index contributed by atoms with van der Waals surface area (Å²) in [6.45, 7) is 6.76. The van der Waals surface area contributed by atoms with E-state index in [1.54, 1.807) is 6.20 Å². The fourth-order valence-electron chi connectivity index (χ4n) is 1.80.